The minimum Gasteiger partial charge on any atom is -0.201 e. The van der Waals surface area contributed by atoms with Crippen molar-refractivity contribution in [3.8, 4) is 56.3 Å². The maximum absolute atomic E-state index is 8.66. The fourth-order valence-electron chi connectivity index (χ4n) is 12.2. The van der Waals surface area contributed by atoms with Crippen LogP contribution in [-0.2, 0) is 60.9 Å². The molecular weight excluding hydrogens is 1160 g/mol. The lowest BCUT2D eigenvalue weighted by atomic mass is 9.91. The van der Waals surface area contributed by atoms with Crippen molar-refractivity contribution in [3.63, 3.8) is 0 Å². The summed E-state index contributed by atoms with van der Waals surface area (Å²) in [6.45, 7) is 16.6. The van der Waals surface area contributed by atoms with Gasteiger partial charge in [-0.05, 0) is 189 Å². The van der Waals surface area contributed by atoms with E-state index >= 15 is 0 Å². The second-order valence-corrected chi connectivity index (χ2v) is 25.8. The molecule has 0 radical (unpaired) electrons. The van der Waals surface area contributed by atoms with E-state index in [1.807, 2.05) is 161 Å². The highest BCUT2D eigenvalue weighted by Gasteiger charge is 2.25. The van der Waals surface area contributed by atoms with Crippen LogP contribution in [0, 0.1) is 47.5 Å². The molecule has 5 nitrogen and oxygen atoms in total. The number of hydrogen-bond donors (Lipinski definition) is 0. The molecule has 0 fully saturated rings. The Kier molecular flexibility index (Phi) is 18.7. The Bertz CT molecular complexity index is 5170. The van der Waals surface area contributed by atoms with Crippen LogP contribution in [-0.4, -0.2) is 0 Å². The molecule has 0 spiro atoms. The molecule has 0 saturated carbocycles. The average molecular weight is 1310 g/mol. The van der Waals surface area contributed by atoms with Gasteiger partial charge in [0, 0.05) is 116 Å². The van der Waals surface area contributed by atoms with Crippen LogP contribution in [0.5, 0.6) is 0 Å². The molecular formula is C91H122N5+5. The van der Waals surface area contributed by atoms with Gasteiger partial charge in [-0.15, -0.1) is 0 Å². The first-order chi connectivity index (χ1) is 53.9. The molecule has 10 aromatic rings. The molecule has 0 aliphatic carbocycles. The van der Waals surface area contributed by atoms with Crippen molar-refractivity contribution in [2.24, 2.45) is 41.2 Å². The second kappa shape index (κ2) is 35.7. The van der Waals surface area contributed by atoms with E-state index in [4.69, 9.17) is 30.2 Å². The fraction of sp³-hybridized carbons (Fsp3) is 0.396. The zero-order valence-electron chi connectivity index (χ0n) is 83.3. The van der Waals surface area contributed by atoms with Crippen molar-refractivity contribution >= 4 is 0 Å². The van der Waals surface area contributed by atoms with Gasteiger partial charge in [-0.2, -0.15) is 0 Å². The van der Waals surface area contributed by atoms with E-state index in [0.29, 0.717) is 35.6 Å². The first-order valence-electron chi connectivity index (χ1n) is 44.4. The third-order valence-electron chi connectivity index (χ3n) is 17.6. The van der Waals surface area contributed by atoms with Gasteiger partial charge >= 0.3 is 0 Å². The monoisotopic (exact) mass is 1310 g/mol. The van der Waals surface area contributed by atoms with Gasteiger partial charge in [0.25, 0.3) is 0 Å². The van der Waals surface area contributed by atoms with Gasteiger partial charge in [0.15, 0.2) is 31.0 Å². The molecule has 0 saturated heterocycles. The Balaban J connectivity index is 0.000000230. The maximum Gasteiger partial charge on any atom is 0.216 e. The highest BCUT2D eigenvalue weighted by atomic mass is 14.9. The Hall–Kier alpha value is -8.15. The first-order valence-corrected chi connectivity index (χ1v) is 33.4. The lowest BCUT2D eigenvalue weighted by Crippen LogP contribution is -2.33. The largest absolute Gasteiger partial charge is 0.216 e. The molecule has 0 aliphatic heterocycles. The van der Waals surface area contributed by atoms with Crippen LogP contribution in [0.25, 0.3) is 56.3 Å². The normalized spacial score (nSPS) is 18.4. The Morgan fingerprint density at radius 1 is 0.333 bits per heavy atom. The van der Waals surface area contributed by atoms with E-state index in [9.17, 15) is 0 Å². The number of hydrogen-bond acceptors (Lipinski definition) is 0. The van der Waals surface area contributed by atoms with Gasteiger partial charge < -0.3 is 0 Å². The van der Waals surface area contributed by atoms with Crippen LogP contribution in [0.2, 0.25) is 0 Å². The molecule has 5 unspecified atom stereocenters. The second-order valence-electron chi connectivity index (χ2n) is 25.8. The van der Waals surface area contributed by atoms with Gasteiger partial charge in [-0.1, -0.05) is 194 Å². The molecule has 96 heavy (non-hydrogen) atoms. The zero-order valence-corrected chi connectivity index (χ0v) is 61.3. The third-order valence-corrected chi connectivity index (χ3v) is 17.6. The molecule has 5 heterocycles. The van der Waals surface area contributed by atoms with E-state index < -0.39 is 70.1 Å². The molecule has 5 heteroatoms. The highest BCUT2D eigenvalue weighted by molar-refractivity contribution is 5.67. The summed E-state index contributed by atoms with van der Waals surface area (Å²) in [5.74, 6) is -8.42. The van der Waals surface area contributed by atoms with E-state index in [0.717, 1.165) is 73.6 Å². The Morgan fingerprint density at radius 2 is 0.677 bits per heavy atom. The summed E-state index contributed by atoms with van der Waals surface area (Å²) in [5.41, 5.74) is 21.9. The zero-order chi connectivity index (χ0) is 89.7. The maximum atomic E-state index is 8.66. The van der Waals surface area contributed by atoms with Crippen LogP contribution in [0.4, 0.5) is 0 Å². The van der Waals surface area contributed by atoms with Crippen molar-refractivity contribution in [2.75, 3.05) is 0 Å². The van der Waals surface area contributed by atoms with Crippen LogP contribution >= 0.6 is 0 Å². The molecule has 0 aliphatic rings. The summed E-state index contributed by atoms with van der Waals surface area (Å²) in [6, 6.07) is 49.2. The summed E-state index contributed by atoms with van der Waals surface area (Å²) in [6.07, 6.45) is 9.94. The van der Waals surface area contributed by atoms with Crippen molar-refractivity contribution in [3.05, 3.63) is 266 Å². The predicted octanol–water partition coefficient (Wildman–Crippen LogP) is 21.2. The minimum absolute atomic E-state index is 0.144. The van der Waals surface area contributed by atoms with E-state index in [1.165, 1.54) is 81.1 Å². The summed E-state index contributed by atoms with van der Waals surface area (Å²) in [4.78, 5) is 0. The Labute approximate surface area is 614 Å². The van der Waals surface area contributed by atoms with Gasteiger partial charge in [0.1, 0.15) is 35.2 Å². The van der Waals surface area contributed by atoms with Gasteiger partial charge in [-0.3, -0.25) is 0 Å². The van der Waals surface area contributed by atoms with E-state index in [1.54, 1.807) is 47.9 Å². The summed E-state index contributed by atoms with van der Waals surface area (Å²) >= 11 is 0. The number of rotatable bonds is 15. The smallest absolute Gasteiger partial charge is 0.201 e. The van der Waals surface area contributed by atoms with E-state index in [-0.39, 0.29) is 22.3 Å². The van der Waals surface area contributed by atoms with Gasteiger partial charge in [0.05, 0.1) is 0 Å². The summed E-state index contributed by atoms with van der Waals surface area (Å²) in [5, 5.41) is 0. The lowest BCUT2D eigenvalue weighted by Gasteiger charge is -2.15. The minimum atomic E-state index is -2.64. The van der Waals surface area contributed by atoms with Crippen LogP contribution < -0.4 is 22.8 Å². The molecule has 5 aromatic heterocycles. The predicted molar refractivity (Wildman–Crippen MR) is 411 cm³/mol. The average Bonchev–Trinajstić information content (AvgIpc) is 0.751. The van der Waals surface area contributed by atoms with Gasteiger partial charge in [0.2, 0.25) is 28.5 Å². The highest BCUT2D eigenvalue weighted by Crippen LogP contribution is 2.33. The molecule has 5 atom stereocenters. The van der Waals surface area contributed by atoms with Crippen molar-refractivity contribution in [2.45, 2.75) is 200 Å². The molecule has 5 aromatic carbocycles. The van der Waals surface area contributed by atoms with Crippen molar-refractivity contribution < 1.29 is 53.0 Å². The molecule has 506 valence electrons. The fourth-order valence-corrected chi connectivity index (χ4v) is 12.2. The van der Waals surface area contributed by atoms with Gasteiger partial charge in [-0.25, -0.2) is 22.8 Å². The lowest BCUT2D eigenvalue weighted by molar-refractivity contribution is -0.661. The van der Waals surface area contributed by atoms with Crippen molar-refractivity contribution in [1.82, 2.24) is 0 Å². The number of aromatic nitrogens is 5. The standard InChI is InChI=1S/C19H26N.4C18H24N/c1-13(2)16-11-18(14(3)4)19(20(6)12-16)17-10-8-7-9-15(17)5;1-13(2)10-16-12-19(5)18(11-15(16)4)17-9-7-6-8-14(17)3;1-6-15-12-19(5)18(11-17(15)13(2)3)16-10-8-7-9-14(16)4;2*1-6-15-11-18(16-10-8-7-9-14(16)4)19(5)12-17(15)13(2)3/h7-14H,1-6H3;6-9,11-13H,10H2,1-5H3;3*7-13H,6H2,1-5H3/q5*+1/i1D3,3D3,13D,14D;;2D3,13D;2D3,6D2,13D;2D3,13D. The van der Waals surface area contributed by atoms with Crippen LogP contribution in [0.1, 0.15) is 247 Å². The quantitative estimate of drug-likeness (QED) is 0.0912. The summed E-state index contributed by atoms with van der Waals surface area (Å²) < 4.78 is 185. The Morgan fingerprint density at radius 3 is 1.07 bits per heavy atom. The van der Waals surface area contributed by atoms with Crippen LogP contribution in [0.3, 0.4) is 0 Å². The van der Waals surface area contributed by atoms with Crippen molar-refractivity contribution in [1.29, 1.82) is 0 Å². The van der Waals surface area contributed by atoms with Crippen LogP contribution in [0.15, 0.2) is 183 Å². The first kappa shape index (κ1) is 50.2. The number of aryl methyl sites for hydroxylation is 14. The number of benzene rings is 5. The van der Waals surface area contributed by atoms with E-state index in [2.05, 4.69) is 94.9 Å². The SMILES string of the molecule is Cc1cc(-c2ccccc2C)[n+](C)cc1CC(C)C.[2H]C([2H])(C)c1cc(-c2ccccc2C)[n+](C)cc1C([2H])(C)C([2H])([2H])[2H].[2H]C([2H])([2H])C([2H])(C)c1c[n+](C)c(-c2ccccc2C)cc1CC.[2H]C([2H])([2H])C([2H])(C)c1cc(-c2ccccc2C)[n+](C)cc1CC.[2H]C([2H])([2H])C([2H])(C)c1cc(C([2H])(C)C([2H])([2H])[2H])c(-c2ccccc2C)[n+](C)c1. The molecule has 0 bridgehead atoms. The number of pyridine rings is 5. The molecule has 0 amide bonds. The topological polar surface area (TPSA) is 19.4 Å². The number of nitrogens with zero attached hydrogens (tertiary/aromatic N) is 5. The summed E-state index contributed by atoms with van der Waals surface area (Å²) in [7, 11) is 9.47. The third kappa shape index (κ3) is 19.8. The molecule has 10 rings (SSSR count). The molecule has 0 N–H and O–H groups in total.